The molecular weight excluding hydrogens is 298 g/mol. The van der Waals surface area contributed by atoms with Gasteiger partial charge in [0.2, 0.25) is 19.1 Å². The summed E-state index contributed by atoms with van der Waals surface area (Å²) in [6.45, 7) is 3.43. The van der Waals surface area contributed by atoms with Crippen LogP contribution in [0, 0.1) is 13.8 Å². The molecule has 0 atom stereocenters. The van der Waals surface area contributed by atoms with Gasteiger partial charge in [-0.15, -0.1) is 0 Å². The lowest BCUT2D eigenvalue weighted by atomic mass is 10.1. The molecule has 1 N–H and O–H groups in total. The molecule has 0 heterocycles. The largest absolute Gasteiger partial charge is 0.240 e. The SMILES string of the molecule is Cc1ccc(S(=O)(=O)NCCS(=O)(=O)Cl)cc1C. The molecule has 0 aliphatic heterocycles. The van der Waals surface area contributed by atoms with Gasteiger partial charge in [0.15, 0.2) is 0 Å². The highest BCUT2D eigenvalue weighted by Gasteiger charge is 2.15. The van der Waals surface area contributed by atoms with E-state index in [1.165, 1.54) is 12.1 Å². The predicted octanol–water partition coefficient (Wildman–Crippen LogP) is 1.15. The normalized spacial score (nSPS) is 12.6. The van der Waals surface area contributed by atoms with E-state index in [-0.39, 0.29) is 11.4 Å². The van der Waals surface area contributed by atoms with Crippen molar-refractivity contribution >= 4 is 29.8 Å². The number of benzene rings is 1. The number of rotatable bonds is 5. The second-order valence-corrected chi connectivity index (χ2v) is 8.55. The lowest BCUT2D eigenvalue weighted by molar-refractivity contribution is 0.582. The Hall–Kier alpha value is -0.630. The van der Waals surface area contributed by atoms with Crippen molar-refractivity contribution < 1.29 is 16.8 Å². The van der Waals surface area contributed by atoms with Crippen LogP contribution in [0.2, 0.25) is 0 Å². The Balaban J connectivity index is 2.84. The molecule has 0 bridgehead atoms. The van der Waals surface area contributed by atoms with Gasteiger partial charge in [-0.05, 0) is 37.1 Å². The van der Waals surface area contributed by atoms with E-state index in [9.17, 15) is 16.8 Å². The van der Waals surface area contributed by atoms with E-state index in [0.717, 1.165) is 11.1 Å². The van der Waals surface area contributed by atoms with Crippen molar-refractivity contribution in [3.05, 3.63) is 29.3 Å². The highest BCUT2D eigenvalue weighted by atomic mass is 35.7. The van der Waals surface area contributed by atoms with Crippen molar-refractivity contribution in [2.75, 3.05) is 12.3 Å². The third kappa shape index (κ3) is 4.56. The molecule has 0 unspecified atom stereocenters. The van der Waals surface area contributed by atoms with Gasteiger partial charge in [-0.25, -0.2) is 21.6 Å². The molecule has 0 saturated carbocycles. The maximum atomic E-state index is 11.8. The Bertz CT molecular complexity index is 638. The van der Waals surface area contributed by atoms with Crippen molar-refractivity contribution in [3.63, 3.8) is 0 Å². The Morgan fingerprint density at radius 2 is 1.72 bits per heavy atom. The summed E-state index contributed by atoms with van der Waals surface area (Å²) >= 11 is 0. The molecule has 1 aromatic carbocycles. The van der Waals surface area contributed by atoms with Gasteiger partial charge in [0, 0.05) is 17.2 Å². The maximum absolute atomic E-state index is 11.8. The van der Waals surface area contributed by atoms with E-state index >= 15 is 0 Å². The molecular formula is C10H14ClNO4S2. The van der Waals surface area contributed by atoms with Crippen molar-refractivity contribution in [1.29, 1.82) is 0 Å². The zero-order valence-electron chi connectivity index (χ0n) is 9.97. The van der Waals surface area contributed by atoms with Crippen LogP contribution in [0.1, 0.15) is 11.1 Å². The smallest absolute Gasteiger partial charge is 0.212 e. The van der Waals surface area contributed by atoms with Gasteiger partial charge in [-0.1, -0.05) is 6.07 Å². The third-order valence-corrected chi connectivity index (χ3v) is 5.04. The van der Waals surface area contributed by atoms with Crippen molar-refractivity contribution in [2.45, 2.75) is 18.7 Å². The second kappa shape index (κ2) is 5.56. The minimum absolute atomic E-state index is 0.109. The van der Waals surface area contributed by atoms with Crippen LogP contribution in [0.3, 0.4) is 0 Å². The van der Waals surface area contributed by atoms with Gasteiger partial charge in [-0.3, -0.25) is 0 Å². The summed E-state index contributed by atoms with van der Waals surface area (Å²) in [5.74, 6) is -0.446. The van der Waals surface area contributed by atoms with Crippen LogP contribution in [-0.2, 0) is 19.1 Å². The molecule has 0 fully saturated rings. The fraction of sp³-hybridized carbons (Fsp3) is 0.400. The molecule has 5 nitrogen and oxygen atoms in total. The van der Waals surface area contributed by atoms with E-state index < -0.39 is 24.8 Å². The summed E-state index contributed by atoms with van der Waals surface area (Å²) in [5.41, 5.74) is 1.83. The molecule has 0 aliphatic rings. The summed E-state index contributed by atoms with van der Waals surface area (Å²) < 4.78 is 47.2. The van der Waals surface area contributed by atoms with Crippen LogP contribution in [0.15, 0.2) is 23.1 Å². The van der Waals surface area contributed by atoms with E-state index in [1.54, 1.807) is 13.0 Å². The Kier molecular flexibility index (Phi) is 4.77. The average Bonchev–Trinajstić information content (AvgIpc) is 2.19. The first-order valence-electron chi connectivity index (χ1n) is 5.11. The highest BCUT2D eigenvalue weighted by molar-refractivity contribution is 8.13. The second-order valence-electron chi connectivity index (χ2n) is 3.89. The van der Waals surface area contributed by atoms with Crippen LogP contribution in [0.5, 0.6) is 0 Å². The molecule has 1 rings (SSSR count). The maximum Gasteiger partial charge on any atom is 0.240 e. The van der Waals surface area contributed by atoms with Crippen LogP contribution in [0.4, 0.5) is 0 Å². The number of halogens is 1. The van der Waals surface area contributed by atoms with E-state index in [4.69, 9.17) is 10.7 Å². The topological polar surface area (TPSA) is 80.3 Å². The molecule has 8 heteroatoms. The van der Waals surface area contributed by atoms with E-state index in [1.807, 2.05) is 6.92 Å². The quantitative estimate of drug-likeness (QED) is 0.827. The van der Waals surface area contributed by atoms with Crippen molar-refractivity contribution in [3.8, 4) is 0 Å². The van der Waals surface area contributed by atoms with Gasteiger partial charge in [0.1, 0.15) is 0 Å². The fourth-order valence-electron chi connectivity index (χ4n) is 1.26. The number of nitrogens with one attached hydrogen (secondary N) is 1. The minimum Gasteiger partial charge on any atom is -0.212 e. The molecule has 0 amide bonds. The standard InChI is InChI=1S/C10H14ClNO4S2/c1-8-3-4-10(7-9(8)2)18(15,16)12-5-6-17(11,13)14/h3-4,7,12H,5-6H2,1-2H3. The zero-order chi connectivity index (χ0) is 14.0. The van der Waals surface area contributed by atoms with Crippen LogP contribution >= 0.6 is 10.7 Å². The predicted molar refractivity (Wildman–Crippen MR) is 70.7 cm³/mol. The Morgan fingerprint density at radius 3 is 2.22 bits per heavy atom. The van der Waals surface area contributed by atoms with Crippen molar-refractivity contribution in [2.24, 2.45) is 0 Å². The van der Waals surface area contributed by atoms with Crippen LogP contribution in [0.25, 0.3) is 0 Å². The zero-order valence-corrected chi connectivity index (χ0v) is 12.4. The lowest BCUT2D eigenvalue weighted by Gasteiger charge is -2.07. The minimum atomic E-state index is -3.70. The summed E-state index contributed by atoms with van der Waals surface area (Å²) in [5, 5.41) is 0. The van der Waals surface area contributed by atoms with E-state index in [0.29, 0.717) is 0 Å². The molecule has 0 radical (unpaired) electrons. The number of sulfonamides is 1. The molecule has 1 aromatic rings. The number of hydrogen-bond acceptors (Lipinski definition) is 4. The molecule has 102 valence electrons. The van der Waals surface area contributed by atoms with Gasteiger partial charge < -0.3 is 0 Å². The van der Waals surface area contributed by atoms with Gasteiger partial charge >= 0.3 is 0 Å². The number of aryl methyl sites for hydroxylation is 2. The molecule has 0 spiro atoms. The molecule has 18 heavy (non-hydrogen) atoms. The first-order chi connectivity index (χ1) is 8.12. The molecule has 0 aromatic heterocycles. The summed E-state index contributed by atoms with van der Waals surface area (Å²) in [6.07, 6.45) is 0. The van der Waals surface area contributed by atoms with E-state index in [2.05, 4.69) is 4.72 Å². The van der Waals surface area contributed by atoms with Gasteiger partial charge in [0.05, 0.1) is 10.6 Å². The lowest BCUT2D eigenvalue weighted by Crippen LogP contribution is -2.28. The average molecular weight is 312 g/mol. The Labute approximate surface area is 112 Å². The summed E-state index contributed by atoms with van der Waals surface area (Å²) in [6, 6.07) is 4.70. The Morgan fingerprint density at radius 1 is 1.11 bits per heavy atom. The first-order valence-corrected chi connectivity index (χ1v) is 9.07. The monoisotopic (exact) mass is 311 g/mol. The third-order valence-electron chi connectivity index (χ3n) is 2.43. The van der Waals surface area contributed by atoms with Gasteiger partial charge in [-0.2, -0.15) is 0 Å². The van der Waals surface area contributed by atoms with Crippen LogP contribution in [-0.4, -0.2) is 29.1 Å². The summed E-state index contributed by atoms with van der Waals surface area (Å²) in [7, 11) is -2.40. The number of hydrogen-bond donors (Lipinski definition) is 1. The van der Waals surface area contributed by atoms with Gasteiger partial charge in [0.25, 0.3) is 0 Å². The molecule has 0 aliphatic carbocycles. The first kappa shape index (κ1) is 15.4. The molecule has 0 saturated heterocycles. The fourth-order valence-corrected chi connectivity index (χ4v) is 3.09. The highest BCUT2D eigenvalue weighted by Crippen LogP contribution is 2.14. The summed E-state index contributed by atoms with van der Waals surface area (Å²) in [4.78, 5) is 0.109. The van der Waals surface area contributed by atoms with Crippen LogP contribution < -0.4 is 4.72 Å². The van der Waals surface area contributed by atoms with Crippen molar-refractivity contribution in [1.82, 2.24) is 4.72 Å².